The van der Waals surface area contributed by atoms with Gasteiger partial charge in [0.15, 0.2) is 11.6 Å². The molecule has 1 aliphatic heterocycles. The number of nitrogens with zero attached hydrogens (tertiary/aromatic N) is 1. The quantitative estimate of drug-likeness (QED) is 0.360. The van der Waals surface area contributed by atoms with Crippen LogP contribution >= 0.6 is 11.6 Å². The van der Waals surface area contributed by atoms with E-state index in [1.54, 1.807) is 24.1 Å². The third kappa shape index (κ3) is 4.73. The van der Waals surface area contributed by atoms with Crippen LogP contribution in [0.4, 0.5) is 4.39 Å². The Balaban J connectivity index is 0.000000257. The molecule has 0 fully saturated rings. The standard InChI is InChI=1S/C19H16ClFN2O2.C8H10O/c1-25-17-5-2-11(8-15(17)21)19-18-13(6-7-23(19)10-24)14-9-12(20)3-4-16(14)22-18;1-7-3-5-8(9-2)6-4-7/h2-5,8-10,19,22H,6-7H2,1H3;3-6H,1-2H3. The molecule has 0 spiro atoms. The monoisotopic (exact) mass is 480 g/mol. The molecule has 1 N–H and O–H groups in total. The first-order chi connectivity index (χ1) is 16.4. The fourth-order valence-electron chi connectivity index (χ4n) is 4.28. The maximum absolute atomic E-state index is 14.2. The molecule has 1 atom stereocenters. The average Bonchev–Trinajstić information content (AvgIpc) is 3.22. The van der Waals surface area contributed by atoms with Crippen LogP contribution in [-0.2, 0) is 11.2 Å². The van der Waals surface area contributed by atoms with E-state index >= 15 is 0 Å². The van der Waals surface area contributed by atoms with Crippen molar-refractivity contribution in [3.05, 3.63) is 93.9 Å². The maximum atomic E-state index is 14.2. The molecule has 1 aromatic heterocycles. The predicted octanol–water partition coefficient (Wildman–Crippen LogP) is 6.08. The summed E-state index contributed by atoms with van der Waals surface area (Å²) in [5, 5.41) is 1.71. The highest BCUT2D eigenvalue weighted by atomic mass is 35.5. The lowest BCUT2D eigenvalue weighted by atomic mass is 9.92. The number of methoxy groups -OCH3 is 2. The lowest BCUT2D eigenvalue weighted by Crippen LogP contribution is -2.35. The van der Waals surface area contributed by atoms with Crippen LogP contribution in [0.1, 0.15) is 28.4 Å². The van der Waals surface area contributed by atoms with Crippen LogP contribution in [0.25, 0.3) is 10.9 Å². The fourth-order valence-corrected chi connectivity index (χ4v) is 4.45. The summed E-state index contributed by atoms with van der Waals surface area (Å²) in [5.74, 6) is 0.651. The molecular weight excluding hydrogens is 455 g/mol. The molecular formula is C27H26ClFN2O3. The number of H-pyrrole nitrogens is 1. The first-order valence-electron chi connectivity index (χ1n) is 10.9. The number of aryl methyl sites for hydroxylation is 1. The Morgan fingerprint density at radius 1 is 1.06 bits per heavy atom. The van der Waals surface area contributed by atoms with Crippen molar-refractivity contribution in [2.75, 3.05) is 20.8 Å². The summed E-state index contributed by atoms with van der Waals surface area (Å²) in [5.41, 5.74) is 4.94. The number of ether oxygens (including phenoxy) is 2. The highest BCUT2D eigenvalue weighted by Gasteiger charge is 2.31. The molecule has 0 bridgehead atoms. The third-order valence-electron chi connectivity index (χ3n) is 6.01. The van der Waals surface area contributed by atoms with E-state index in [0.29, 0.717) is 17.1 Å². The van der Waals surface area contributed by atoms with Gasteiger partial charge in [-0.3, -0.25) is 4.79 Å². The molecule has 0 aliphatic carbocycles. The normalized spacial score (nSPS) is 14.7. The van der Waals surface area contributed by atoms with Gasteiger partial charge in [0.1, 0.15) is 5.75 Å². The van der Waals surface area contributed by atoms with E-state index in [9.17, 15) is 9.18 Å². The zero-order chi connectivity index (χ0) is 24.2. The molecule has 1 aliphatic rings. The van der Waals surface area contributed by atoms with Gasteiger partial charge in [0.05, 0.1) is 20.3 Å². The highest BCUT2D eigenvalue weighted by Crippen LogP contribution is 2.39. The number of aromatic amines is 1. The number of fused-ring (bicyclic) bond motifs is 3. The Kier molecular flexibility index (Phi) is 7.08. The van der Waals surface area contributed by atoms with Crippen LogP contribution < -0.4 is 9.47 Å². The van der Waals surface area contributed by atoms with Gasteiger partial charge in [-0.15, -0.1) is 0 Å². The maximum Gasteiger partial charge on any atom is 0.210 e. The number of amides is 1. The van der Waals surface area contributed by atoms with Crippen LogP contribution in [0, 0.1) is 12.7 Å². The van der Waals surface area contributed by atoms with E-state index in [2.05, 4.69) is 11.9 Å². The van der Waals surface area contributed by atoms with Crippen LogP contribution in [0.2, 0.25) is 5.02 Å². The fraction of sp³-hybridized carbons (Fsp3) is 0.222. The zero-order valence-electron chi connectivity index (χ0n) is 19.3. The second kappa shape index (κ2) is 10.2. The van der Waals surface area contributed by atoms with Crippen molar-refractivity contribution >= 4 is 28.9 Å². The van der Waals surface area contributed by atoms with Crippen molar-refractivity contribution in [1.82, 2.24) is 9.88 Å². The van der Waals surface area contributed by atoms with Gasteiger partial charge in [0.2, 0.25) is 6.41 Å². The van der Waals surface area contributed by atoms with E-state index < -0.39 is 5.82 Å². The SMILES string of the molecule is COc1ccc(C)cc1.COc1ccc(C2c3[nH]c4ccc(Cl)cc4c3CCN2C=O)cc1F. The van der Waals surface area contributed by atoms with Crippen molar-refractivity contribution < 1.29 is 18.7 Å². The summed E-state index contributed by atoms with van der Waals surface area (Å²) in [6.45, 7) is 2.62. The molecule has 5 rings (SSSR count). The molecule has 176 valence electrons. The van der Waals surface area contributed by atoms with Crippen molar-refractivity contribution in [3.63, 3.8) is 0 Å². The minimum absolute atomic E-state index is 0.181. The Bertz CT molecular complexity index is 1300. The van der Waals surface area contributed by atoms with E-state index in [-0.39, 0.29) is 11.8 Å². The lowest BCUT2D eigenvalue weighted by Gasteiger charge is -2.33. The van der Waals surface area contributed by atoms with Gasteiger partial charge in [-0.25, -0.2) is 4.39 Å². The Morgan fingerprint density at radius 2 is 1.82 bits per heavy atom. The molecule has 0 saturated heterocycles. The minimum atomic E-state index is -0.447. The van der Waals surface area contributed by atoms with Crippen LogP contribution in [0.5, 0.6) is 11.5 Å². The van der Waals surface area contributed by atoms with Gasteiger partial charge in [0.25, 0.3) is 0 Å². The number of carbonyl (C=O) groups excluding carboxylic acids is 1. The van der Waals surface area contributed by atoms with Crippen molar-refractivity contribution in [2.45, 2.75) is 19.4 Å². The number of hydrogen-bond donors (Lipinski definition) is 1. The van der Waals surface area contributed by atoms with Crippen LogP contribution in [0.15, 0.2) is 60.7 Å². The Morgan fingerprint density at radius 3 is 2.47 bits per heavy atom. The van der Waals surface area contributed by atoms with Crippen LogP contribution in [-0.4, -0.2) is 37.1 Å². The summed E-state index contributed by atoms with van der Waals surface area (Å²) in [6, 6.07) is 18.1. The van der Waals surface area contributed by atoms with Gasteiger partial charge >= 0.3 is 0 Å². The molecule has 34 heavy (non-hydrogen) atoms. The highest BCUT2D eigenvalue weighted by molar-refractivity contribution is 6.31. The molecule has 5 nitrogen and oxygen atoms in total. The van der Waals surface area contributed by atoms with E-state index in [0.717, 1.165) is 40.7 Å². The molecule has 4 aromatic rings. The van der Waals surface area contributed by atoms with Gasteiger partial charge in [-0.1, -0.05) is 35.4 Å². The van der Waals surface area contributed by atoms with Gasteiger partial charge in [-0.2, -0.15) is 0 Å². The molecule has 0 saturated carbocycles. The largest absolute Gasteiger partial charge is 0.497 e. The topological polar surface area (TPSA) is 54.6 Å². The van der Waals surface area contributed by atoms with Crippen molar-refractivity contribution in [1.29, 1.82) is 0 Å². The molecule has 3 aromatic carbocycles. The second-order valence-electron chi connectivity index (χ2n) is 8.11. The van der Waals surface area contributed by atoms with Crippen molar-refractivity contribution in [3.8, 4) is 11.5 Å². The first kappa shape index (κ1) is 23.6. The number of benzene rings is 3. The molecule has 2 heterocycles. The molecule has 0 radical (unpaired) electrons. The van der Waals surface area contributed by atoms with Gasteiger partial charge in [0, 0.05) is 28.2 Å². The predicted molar refractivity (Wildman–Crippen MR) is 132 cm³/mol. The van der Waals surface area contributed by atoms with Crippen LogP contribution in [0.3, 0.4) is 0 Å². The number of nitrogens with one attached hydrogen (secondary N) is 1. The van der Waals surface area contributed by atoms with Crippen molar-refractivity contribution in [2.24, 2.45) is 0 Å². The Hall–Kier alpha value is -3.51. The number of aromatic nitrogens is 1. The summed E-state index contributed by atoms with van der Waals surface area (Å²) >= 11 is 6.14. The summed E-state index contributed by atoms with van der Waals surface area (Å²) in [7, 11) is 3.10. The zero-order valence-corrected chi connectivity index (χ0v) is 20.0. The van der Waals surface area contributed by atoms with Gasteiger partial charge in [-0.05, 0) is 66.9 Å². The smallest absolute Gasteiger partial charge is 0.210 e. The average molecular weight is 481 g/mol. The summed E-state index contributed by atoms with van der Waals surface area (Å²) in [6.07, 6.45) is 1.54. The first-order valence-corrected chi connectivity index (χ1v) is 11.3. The molecule has 1 amide bonds. The molecule has 7 heteroatoms. The van der Waals surface area contributed by atoms with E-state index in [1.165, 1.54) is 18.7 Å². The summed E-state index contributed by atoms with van der Waals surface area (Å²) in [4.78, 5) is 16.7. The number of halogens is 2. The summed E-state index contributed by atoms with van der Waals surface area (Å²) < 4.78 is 24.2. The lowest BCUT2D eigenvalue weighted by molar-refractivity contribution is -0.120. The second-order valence-corrected chi connectivity index (χ2v) is 8.55. The number of hydrogen-bond acceptors (Lipinski definition) is 3. The van der Waals surface area contributed by atoms with Gasteiger partial charge < -0.3 is 19.4 Å². The minimum Gasteiger partial charge on any atom is -0.497 e. The number of rotatable bonds is 4. The van der Waals surface area contributed by atoms with E-state index in [4.69, 9.17) is 21.1 Å². The Labute approximate surface area is 203 Å². The van der Waals surface area contributed by atoms with E-state index in [1.807, 2.05) is 42.5 Å². The number of carbonyl (C=O) groups is 1. The third-order valence-corrected chi connectivity index (χ3v) is 6.25. The molecule has 1 unspecified atom stereocenters.